The van der Waals surface area contributed by atoms with E-state index in [1.807, 2.05) is 0 Å². The molecule has 2 atom stereocenters. The lowest BCUT2D eigenvalue weighted by Gasteiger charge is -2.09. The molecule has 0 aliphatic carbocycles. The van der Waals surface area contributed by atoms with Gasteiger partial charge in [-0.25, -0.2) is 13.1 Å². The number of anilines is 1. The van der Waals surface area contributed by atoms with Crippen molar-refractivity contribution in [2.45, 2.75) is 43.6 Å². The summed E-state index contributed by atoms with van der Waals surface area (Å²) in [6.45, 7) is 3.69. The molecule has 1 aromatic rings. The fourth-order valence-corrected chi connectivity index (χ4v) is 3.36. The van der Waals surface area contributed by atoms with Gasteiger partial charge in [-0.1, -0.05) is 0 Å². The number of aliphatic hydroxyl groups excluding tert-OH is 1. The molecule has 1 aromatic carbocycles. The van der Waals surface area contributed by atoms with E-state index in [2.05, 4.69) is 10.0 Å². The maximum absolute atomic E-state index is 12.2. The Morgan fingerprint density at radius 1 is 1.43 bits per heavy atom. The zero-order valence-electron chi connectivity index (χ0n) is 12.1. The van der Waals surface area contributed by atoms with E-state index in [1.165, 1.54) is 12.1 Å². The van der Waals surface area contributed by atoms with Crippen LogP contribution in [0.4, 0.5) is 5.69 Å². The Morgan fingerprint density at radius 2 is 2.14 bits per heavy atom. The Bertz CT molecular complexity index is 640. The minimum absolute atomic E-state index is 0.121. The molecular formula is C14H20N2O4S. The third-order valence-electron chi connectivity index (χ3n) is 3.54. The van der Waals surface area contributed by atoms with Crippen LogP contribution >= 0.6 is 0 Å². The summed E-state index contributed by atoms with van der Waals surface area (Å²) in [5.74, 6) is -0.463. The summed E-state index contributed by atoms with van der Waals surface area (Å²) in [5, 5.41) is 11.9. The van der Waals surface area contributed by atoms with Crippen molar-refractivity contribution in [3.63, 3.8) is 0 Å². The van der Waals surface area contributed by atoms with Gasteiger partial charge in [0.1, 0.15) is 0 Å². The van der Waals surface area contributed by atoms with Gasteiger partial charge in [-0.15, -0.1) is 0 Å². The van der Waals surface area contributed by atoms with Gasteiger partial charge in [0.05, 0.1) is 16.9 Å². The molecule has 0 saturated heterocycles. The number of hydrogen-bond donors (Lipinski definition) is 3. The first kappa shape index (κ1) is 15.9. The smallest absolute Gasteiger partial charge is 0.240 e. The summed E-state index contributed by atoms with van der Waals surface area (Å²) < 4.78 is 26.9. The van der Waals surface area contributed by atoms with Crippen LogP contribution in [0.2, 0.25) is 0 Å². The molecular weight excluding hydrogens is 292 g/mol. The number of sulfonamides is 1. The molecule has 6 nitrogen and oxygen atoms in total. The van der Waals surface area contributed by atoms with E-state index in [4.69, 9.17) is 5.11 Å². The van der Waals surface area contributed by atoms with Gasteiger partial charge < -0.3 is 10.4 Å². The molecule has 2 rings (SSSR count). The Kier molecular flexibility index (Phi) is 4.65. The first-order valence-corrected chi connectivity index (χ1v) is 8.42. The SMILES string of the molecule is CC(O)CCCNS(=O)(=O)c1ccc2c(c1)C(C)C(=O)N2. The van der Waals surface area contributed by atoms with Crippen molar-refractivity contribution in [1.82, 2.24) is 4.72 Å². The number of amides is 1. The van der Waals surface area contributed by atoms with Gasteiger partial charge in [0.2, 0.25) is 15.9 Å². The molecule has 0 saturated carbocycles. The fraction of sp³-hybridized carbons (Fsp3) is 0.500. The van der Waals surface area contributed by atoms with Gasteiger partial charge in [0.25, 0.3) is 0 Å². The van der Waals surface area contributed by atoms with E-state index in [0.717, 1.165) is 0 Å². The van der Waals surface area contributed by atoms with Crippen molar-refractivity contribution in [2.75, 3.05) is 11.9 Å². The van der Waals surface area contributed by atoms with Gasteiger partial charge in [-0.3, -0.25) is 4.79 Å². The number of benzene rings is 1. The van der Waals surface area contributed by atoms with E-state index in [-0.39, 0.29) is 23.3 Å². The Balaban J connectivity index is 2.09. The molecule has 1 heterocycles. The minimum Gasteiger partial charge on any atom is -0.393 e. The van der Waals surface area contributed by atoms with Gasteiger partial charge in [-0.2, -0.15) is 0 Å². The highest BCUT2D eigenvalue weighted by Gasteiger charge is 2.28. The predicted octanol–water partition coefficient (Wildman–Crippen LogP) is 1.18. The van der Waals surface area contributed by atoms with E-state index < -0.39 is 16.1 Å². The van der Waals surface area contributed by atoms with Crippen molar-refractivity contribution in [3.05, 3.63) is 23.8 Å². The molecule has 1 aliphatic rings. The number of carbonyl (C=O) groups excluding carboxylic acids is 1. The molecule has 21 heavy (non-hydrogen) atoms. The Morgan fingerprint density at radius 3 is 2.81 bits per heavy atom. The van der Waals surface area contributed by atoms with Crippen molar-refractivity contribution in [1.29, 1.82) is 0 Å². The van der Waals surface area contributed by atoms with Crippen LogP contribution in [-0.2, 0) is 14.8 Å². The van der Waals surface area contributed by atoms with Gasteiger partial charge in [0, 0.05) is 12.2 Å². The number of fused-ring (bicyclic) bond motifs is 1. The zero-order valence-corrected chi connectivity index (χ0v) is 12.9. The van der Waals surface area contributed by atoms with E-state index in [1.54, 1.807) is 19.9 Å². The summed E-state index contributed by atoms with van der Waals surface area (Å²) in [5.41, 5.74) is 1.37. The number of nitrogens with one attached hydrogen (secondary N) is 2. The lowest BCUT2D eigenvalue weighted by molar-refractivity contribution is -0.116. The first-order valence-electron chi connectivity index (χ1n) is 6.94. The van der Waals surface area contributed by atoms with E-state index in [0.29, 0.717) is 24.1 Å². The maximum atomic E-state index is 12.2. The van der Waals surface area contributed by atoms with Crippen LogP contribution in [0.3, 0.4) is 0 Å². The second kappa shape index (κ2) is 6.13. The first-order chi connectivity index (χ1) is 9.81. The second-order valence-electron chi connectivity index (χ2n) is 5.35. The van der Waals surface area contributed by atoms with Crippen LogP contribution < -0.4 is 10.0 Å². The maximum Gasteiger partial charge on any atom is 0.240 e. The van der Waals surface area contributed by atoms with Crippen LogP contribution in [0.1, 0.15) is 38.2 Å². The van der Waals surface area contributed by atoms with Gasteiger partial charge in [0.15, 0.2) is 0 Å². The molecule has 0 spiro atoms. The van der Waals surface area contributed by atoms with Crippen LogP contribution in [0.5, 0.6) is 0 Å². The van der Waals surface area contributed by atoms with E-state index in [9.17, 15) is 13.2 Å². The largest absolute Gasteiger partial charge is 0.393 e. The highest BCUT2D eigenvalue weighted by Crippen LogP contribution is 2.33. The molecule has 3 N–H and O–H groups in total. The average Bonchev–Trinajstić information content (AvgIpc) is 2.70. The highest BCUT2D eigenvalue weighted by molar-refractivity contribution is 7.89. The standard InChI is InChI=1S/C14H20N2O4S/c1-9(17)4-3-7-15-21(19,20)11-5-6-13-12(8-11)10(2)14(18)16-13/h5-6,8-10,15,17H,3-4,7H2,1-2H3,(H,16,18). The fourth-order valence-electron chi connectivity index (χ4n) is 2.25. The molecule has 0 radical (unpaired) electrons. The highest BCUT2D eigenvalue weighted by atomic mass is 32.2. The van der Waals surface area contributed by atoms with E-state index >= 15 is 0 Å². The van der Waals surface area contributed by atoms with Crippen molar-refractivity contribution in [2.24, 2.45) is 0 Å². The number of hydrogen-bond acceptors (Lipinski definition) is 4. The number of carbonyl (C=O) groups is 1. The average molecular weight is 312 g/mol. The summed E-state index contributed by atoms with van der Waals surface area (Å²) in [6.07, 6.45) is 0.674. The number of aliphatic hydroxyl groups is 1. The topological polar surface area (TPSA) is 95.5 Å². The van der Waals surface area contributed by atoms with Crippen molar-refractivity contribution < 1.29 is 18.3 Å². The molecule has 0 bridgehead atoms. The van der Waals surface area contributed by atoms with Crippen molar-refractivity contribution in [3.8, 4) is 0 Å². The van der Waals surface area contributed by atoms with Crippen LogP contribution in [0.25, 0.3) is 0 Å². The van der Waals surface area contributed by atoms with Crippen molar-refractivity contribution >= 4 is 21.6 Å². The molecule has 116 valence electrons. The quantitative estimate of drug-likeness (QED) is 0.687. The Hall–Kier alpha value is -1.44. The Labute approximate surface area is 124 Å². The normalized spacial score (nSPS) is 19.2. The third-order valence-corrected chi connectivity index (χ3v) is 5.00. The zero-order chi connectivity index (χ0) is 15.6. The minimum atomic E-state index is -3.59. The lowest BCUT2D eigenvalue weighted by atomic mass is 10.0. The van der Waals surface area contributed by atoms with Gasteiger partial charge in [-0.05, 0) is 50.5 Å². The van der Waals surface area contributed by atoms with Crippen LogP contribution in [0, 0.1) is 0 Å². The summed E-state index contributed by atoms with van der Waals surface area (Å²) in [7, 11) is -3.59. The van der Waals surface area contributed by atoms with Crippen LogP contribution in [0.15, 0.2) is 23.1 Å². The lowest BCUT2D eigenvalue weighted by Crippen LogP contribution is -2.25. The number of rotatable bonds is 6. The summed E-state index contributed by atoms with van der Waals surface area (Å²) >= 11 is 0. The molecule has 2 unspecified atom stereocenters. The molecule has 7 heteroatoms. The molecule has 0 fully saturated rings. The molecule has 1 amide bonds. The molecule has 1 aliphatic heterocycles. The molecule has 0 aromatic heterocycles. The monoisotopic (exact) mass is 312 g/mol. The summed E-state index contributed by atoms with van der Waals surface area (Å²) in [4.78, 5) is 11.7. The predicted molar refractivity (Wildman–Crippen MR) is 79.6 cm³/mol. The summed E-state index contributed by atoms with van der Waals surface area (Å²) in [6, 6.07) is 4.63. The second-order valence-corrected chi connectivity index (χ2v) is 7.12. The third kappa shape index (κ3) is 3.61. The van der Waals surface area contributed by atoms with Gasteiger partial charge >= 0.3 is 0 Å². The van der Waals surface area contributed by atoms with Crippen LogP contribution in [-0.4, -0.2) is 32.1 Å².